The van der Waals surface area contributed by atoms with Crippen molar-refractivity contribution >= 4 is 43.6 Å². The van der Waals surface area contributed by atoms with Crippen LogP contribution in [0.1, 0.15) is 97.6 Å². The van der Waals surface area contributed by atoms with Gasteiger partial charge in [0.1, 0.15) is 30.5 Å². The fraction of sp³-hybridized carbons (Fsp3) is 0.291. The normalized spacial score (nSPS) is 14.7. The summed E-state index contributed by atoms with van der Waals surface area (Å²) in [5.41, 5.74) is 16.3. The number of fused-ring (bicyclic) bond motifs is 4. The number of aryl methyl sites for hydroxylation is 4. The zero-order chi connectivity index (χ0) is 91.3. The summed E-state index contributed by atoms with van der Waals surface area (Å²) >= 11 is 0. The number of benzene rings is 9. The van der Waals surface area contributed by atoms with Gasteiger partial charge < -0.3 is 29.7 Å². The van der Waals surface area contributed by atoms with Crippen molar-refractivity contribution in [3.63, 3.8) is 0 Å². The maximum atomic E-state index is 13.1. The topological polar surface area (TPSA) is 220 Å². The van der Waals surface area contributed by atoms with Crippen LogP contribution in [0.15, 0.2) is 330 Å². The molecule has 0 amide bonds. The highest BCUT2D eigenvalue weighted by Crippen LogP contribution is 2.28. The number of hydrogen-bond acceptors (Lipinski definition) is 15. The Morgan fingerprint density at radius 1 is 0.336 bits per heavy atom. The minimum atomic E-state index is -0.231. The lowest BCUT2D eigenvalue weighted by atomic mass is 10.0. The quantitative estimate of drug-likeness (QED) is 0.0413. The molecule has 2 N–H and O–H groups in total. The third kappa shape index (κ3) is 23.2. The highest BCUT2D eigenvalue weighted by atomic mass is 19.1. The molecule has 3 saturated heterocycles. The van der Waals surface area contributed by atoms with Crippen molar-refractivity contribution in [3.8, 4) is 45.4 Å². The third-order valence-electron chi connectivity index (χ3n) is 26.3. The molecule has 21 rings (SSSR count). The number of nitrogens with one attached hydrogen (secondary N) is 1. The molecule has 23 nitrogen and oxygen atoms in total. The van der Waals surface area contributed by atoms with Gasteiger partial charge in [-0.05, 0) is 263 Å². The number of rotatable bonds is 31. The standard InChI is InChI=1S/C32H32N4O.C26H27FN4O.C26H28N4O3.C26H28N4O2/c37-32-22-26(9-8-25-10-12-28(13-11-25)27-6-2-1-3-7-27)16-19-35(32)30-14-15-31-29(23-30)24-33-36(31)21-20-34-17-4-5-18-34;27-23-7-5-20(6-8-23)3-4-21-11-14-30(26(32)17-21)24-9-10-25-22(18-24)19-28-31(25)16-15-29-12-1-2-13-29;31-18-23-7-4-11-28(23)13-14-30-25-9-8-22(15-21(25)17-27-30)29-12-10-24(16-26(29)32)33-19-20-5-2-1-3-6-20;31-26-17-24(32-19-20-6-2-1-3-7-20)12-14-29(26)23-10-11-25-21(16-23)18-28-30(25)15-13-27-22-8-4-5-9-22/h1-3,6-7,10-16,19,22-24H,4-5,8-9,17-18,20-21H2;5-11,14,17-19H,1-4,12-13,15-16H2;1-3,5-6,8-10,12,15-17,23,31H,4,7,11,13-14,18-19H2;1-3,6-7,10-12,14,16-18,22,27H,4-5,8-9,13,15,19H2/t;;23-;/m..1./s1. The monoisotopic (exact) mass is 1790 g/mol. The summed E-state index contributed by atoms with van der Waals surface area (Å²) in [6, 6.07) is 84.7. The number of aliphatic hydroxyl groups excluding tert-OH is 1. The van der Waals surface area contributed by atoms with Gasteiger partial charge in [0.2, 0.25) is 0 Å². The van der Waals surface area contributed by atoms with Crippen LogP contribution in [0.2, 0.25) is 0 Å². The molecule has 17 aromatic rings. The van der Waals surface area contributed by atoms with Crippen LogP contribution in [-0.4, -0.2) is 155 Å². The second-order valence-corrected chi connectivity index (χ2v) is 35.4. The Morgan fingerprint density at radius 2 is 0.709 bits per heavy atom. The number of ether oxygens (including phenoxy) is 2. The summed E-state index contributed by atoms with van der Waals surface area (Å²) in [4.78, 5) is 58.5. The number of likely N-dealkylation sites (tertiary alicyclic amines) is 3. The highest BCUT2D eigenvalue weighted by molar-refractivity contribution is 5.83. The number of pyridine rings is 4. The van der Waals surface area contributed by atoms with Crippen LogP contribution < -0.4 is 37.0 Å². The van der Waals surface area contributed by atoms with Gasteiger partial charge in [-0.1, -0.05) is 140 Å². The van der Waals surface area contributed by atoms with E-state index in [0.717, 1.165) is 192 Å². The number of nitrogens with zero attached hydrogens (tertiary/aromatic N) is 15. The molecule has 1 saturated carbocycles. The van der Waals surface area contributed by atoms with Gasteiger partial charge in [-0.15, -0.1) is 0 Å². The van der Waals surface area contributed by atoms with E-state index in [2.05, 4.69) is 123 Å². The van der Waals surface area contributed by atoms with E-state index >= 15 is 0 Å². The van der Waals surface area contributed by atoms with Gasteiger partial charge in [0.15, 0.2) is 0 Å². The predicted octanol–water partition coefficient (Wildman–Crippen LogP) is 17.5. The van der Waals surface area contributed by atoms with Crippen molar-refractivity contribution in [1.29, 1.82) is 0 Å². The van der Waals surface area contributed by atoms with Gasteiger partial charge in [-0.25, -0.2) is 4.39 Å². The minimum Gasteiger partial charge on any atom is -0.489 e. The maximum absolute atomic E-state index is 13.1. The van der Waals surface area contributed by atoms with Crippen molar-refractivity contribution in [1.82, 2.24) is 77.4 Å². The molecule has 0 spiro atoms. The van der Waals surface area contributed by atoms with Crippen LogP contribution in [0.4, 0.5) is 4.39 Å². The second-order valence-electron chi connectivity index (χ2n) is 35.4. The first-order valence-corrected chi connectivity index (χ1v) is 47.3. The Balaban J connectivity index is 0.000000120. The van der Waals surface area contributed by atoms with Gasteiger partial charge in [-0.2, -0.15) is 20.4 Å². The van der Waals surface area contributed by atoms with Gasteiger partial charge in [0, 0.05) is 132 Å². The number of aromatic nitrogens is 12. The average Bonchev–Trinajstić information content (AvgIpc) is 1.64. The smallest absolute Gasteiger partial charge is 0.258 e. The fourth-order valence-corrected chi connectivity index (χ4v) is 18.7. The Kier molecular flexibility index (Phi) is 29.7. The van der Waals surface area contributed by atoms with Crippen molar-refractivity contribution in [2.75, 3.05) is 65.5 Å². The van der Waals surface area contributed by atoms with Crippen LogP contribution in [0.3, 0.4) is 0 Å². The lowest BCUT2D eigenvalue weighted by Crippen LogP contribution is -2.34. The third-order valence-corrected chi connectivity index (χ3v) is 26.3. The van der Waals surface area contributed by atoms with Crippen molar-refractivity contribution in [2.45, 2.75) is 141 Å². The van der Waals surface area contributed by atoms with E-state index in [1.165, 1.54) is 119 Å². The summed E-state index contributed by atoms with van der Waals surface area (Å²) in [5, 5.41) is 35.6. The van der Waals surface area contributed by atoms with Gasteiger partial charge in [0.25, 0.3) is 22.2 Å². The Hall–Kier alpha value is -14.0. The summed E-state index contributed by atoms with van der Waals surface area (Å²) in [6.45, 7) is 14.1. The zero-order valence-corrected chi connectivity index (χ0v) is 75.8. The average molecular weight is 1790 g/mol. The summed E-state index contributed by atoms with van der Waals surface area (Å²) in [7, 11) is 0. The second kappa shape index (κ2) is 44.0. The molecule has 11 heterocycles. The number of aliphatic hydroxyl groups is 1. The Labute approximate surface area is 778 Å². The molecule has 24 heteroatoms. The van der Waals surface area contributed by atoms with Crippen LogP contribution >= 0.6 is 0 Å². The zero-order valence-electron chi connectivity index (χ0n) is 75.8. The summed E-state index contributed by atoms with van der Waals surface area (Å²) in [5.74, 6) is 0.890. The first-order valence-electron chi connectivity index (χ1n) is 47.3. The largest absolute Gasteiger partial charge is 0.489 e. The van der Waals surface area contributed by atoms with Crippen molar-refractivity contribution in [2.24, 2.45) is 0 Å². The molecule has 0 unspecified atom stereocenters. The molecule has 1 atom stereocenters. The maximum Gasteiger partial charge on any atom is 0.258 e. The SMILES string of the molecule is O=c1cc(CCc2ccc(-c3ccccc3)cc2)ccn1-c1ccc2c(cnn2CCN2CCCC2)c1.O=c1cc(CCc2ccc(F)cc2)ccn1-c1ccc2c(cnn2CCN2CCCC2)c1.O=c1cc(OCc2ccccc2)ccn1-c1ccc2c(cnn2CCN2CCC[C@@H]2CO)c1.O=c1cc(OCc2ccccc2)ccn1-c1ccc2c(cnn2CCNC2CCCC2)c1. The lowest BCUT2D eigenvalue weighted by molar-refractivity contribution is 0.154. The Bertz CT molecular complexity index is 7010. The van der Waals surface area contributed by atoms with E-state index in [0.29, 0.717) is 30.8 Å². The molecule has 4 aliphatic rings. The molecule has 0 radical (unpaired) electrons. The molecule has 8 aromatic heterocycles. The summed E-state index contributed by atoms with van der Waals surface area (Å²) < 4.78 is 39.4. The van der Waals surface area contributed by atoms with Gasteiger partial charge in [0.05, 0.1) is 79.6 Å². The number of halogens is 1. The molecule has 4 fully saturated rings. The van der Waals surface area contributed by atoms with Crippen LogP contribution in [-0.2, 0) is 65.1 Å². The molecule has 684 valence electrons. The van der Waals surface area contributed by atoms with Crippen LogP contribution in [0.25, 0.3) is 77.5 Å². The lowest BCUT2D eigenvalue weighted by Gasteiger charge is -2.22. The van der Waals surface area contributed by atoms with E-state index in [1.54, 1.807) is 54.9 Å². The summed E-state index contributed by atoms with van der Waals surface area (Å²) in [6.07, 6.45) is 30.6. The number of hydrogen-bond donors (Lipinski definition) is 2. The Morgan fingerprint density at radius 3 is 1.12 bits per heavy atom. The van der Waals surface area contributed by atoms with Crippen molar-refractivity contribution < 1.29 is 19.0 Å². The molecular formula is C110H115FN16O7. The van der Waals surface area contributed by atoms with E-state index in [9.17, 15) is 28.7 Å². The molecule has 1 aliphatic carbocycles. The van der Waals surface area contributed by atoms with Crippen LogP contribution in [0.5, 0.6) is 11.5 Å². The van der Waals surface area contributed by atoms with Gasteiger partial charge in [-0.3, -0.25) is 61.1 Å². The molecular weight excluding hydrogens is 1680 g/mol. The molecule has 9 aromatic carbocycles. The first-order chi connectivity index (χ1) is 65.8. The predicted molar refractivity (Wildman–Crippen MR) is 529 cm³/mol. The molecule has 134 heavy (non-hydrogen) atoms. The van der Waals surface area contributed by atoms with E-state index in [-0.39, 0.29) is 40.7 Å². The molecule has 3 aliphatic heterocycles. The minimum absolute atomic E-state index is 0.00213. The highest BCUT2D eigenvalue weighted by Gasteiger charge is 2.25. The van der Waals surface area contributed by atoms with E-state index < -0.39 is 0 Å². The van der Waals surface area contributed by atoms with E-state index in [1.807, 2.05) is 186 Å². The molecule has 0 bridgehead atoms. The van der Waals surface area contributed by atoms with Crippen molar-refractivity contribution in [3.05, 3.63) is 391 Å². The first kappa shape index (κ1) is 90.5. The van der Waals surface area contributed by atoms with Gasteiger partial charge >= 0.3 is 0 Å². The van der Waals surface area contributed by atoms with Crippen LogP contribution in [0, 0.1) is 5.82 Å². The fourth-order valence-electron chi connectivity index (χ4n) is 18.7. The van der Waals surface area contributed by atoms with E-state index in [4.69, 9.17) is 9.47 Å².